The van der Waals surface area contributed by atoms with E-state index in [-0.39, 0.29) is 16.0 Å². The Morgan fingerprint density at radius 1 is 0.636 bits per heavy atom. The van der Waals surface area contributed by atoms with Crippen molar-refractivity contribution < 1.29 is 31.5 Å². The number of hydrogen-bond acceptors (Lipinski definition) is 2. The van der Waals surface area contributed by atoms with Crippen LogP contribution in [0.1, 0.15) is 20.7 Å². The number of carbonyl (C=O) groups is 2. The summed E-state index contributed by atoms with van der Waals surface area (Å²) < 4.78 is 67.0. The molecular weight excluding hydrogens is 309 g/mol. The molecule has 0 atom stereocenters. The van der Waals surface area contributed by atoms with Crippen molar-refractivity contribution in [2.75, 3.05) is 4.90 Å². The number of amides is 2. The lowest BCUT2D eigenvalue weighted by molar-refractivity contribution is 0.0922. The Labute approximate surface area is 119 Å². The molecule has 2 aromatic carbocycles. The Balaban J connectivity index is 2.27. The third-order valence-electron chi connectivity index (χ3n) is 3.20. The van der Waals surface area contributed by atoms with E-state index in [9.17, 15) is 31.5 Å². The summed E-state index contributed by atoms with van der Waals surface area (Å²) in [5.41, 5.74) is -1.95. The fourth-order valence-electron chi connectivity index (χ4n) is 2.18. The van der Waals surface area contributed by atoms with E-state index in [1.165, 1.54) is 24.3 Å². The van der Waals surface area contributed by atoms with Crippen molar-refractivity contribution >= 4 is 17.5 Å². The van der Waals surface area contributed by atoms with Crippen LogP contribution < -0.4 is 4.90 Å². The second-order valence-corrected chi connectivity index (χ2v) is 4.41. The summed E-state index contributed by atoms with van der Waals surface area (Å²) in [4.78, 5) is 24.1. The Morgan fingerprint density at radius 2 is 1.00 bits per heavy atom. The number of rotatable bonds is 1. The standard InChI is InChI=1S/C14H4F5NO2/c15-7-8(16)10(18)12(11(19)9(7)17)20-13(21)5-3-1-2-4-6(5)14(20)22/h1-4H. The van der Waals surface area contributed by atoms with Crippen LogP contribution >= 0.6 is 0 Å². The third kappa shape index (κ3) is 1.66. The van der Waals surface area contributed by atoms with Crippen molar-refractivity contribution in [3.63, 3.8) is 0 Å². The normalized spacial score (nSPS) is 13.8. The Bertz CT molecular complexity index is 785. The highest BCUT2D eigenvalue weighted by molar-refractivity contribution is 6.34. The molecule has 0 spiro atoms. The van der Waals surface area contributed by atoms with Gasteiger partial charge in [-0.3, -0.25) is 9.59 Å². The molecule has 1 aliphatic rings. The predicted molar refractivity (Wildman–Crippen MR) is 63.8 cm³/mol. The van der Waals surface area contributed by atoms with Gasteiger partial charge in [0.05, 0.1) is 11.1 Å². The molecular formula is C14H4F5NO2. The van der Waals surface area contributed by atoms with Gasteiger partial charge in [-0.1, -0.05) is 12.1 Å². The number of carbonyl (C=O) groups excluding carboxylic acids is 2. The van der Waals surface area contributed by atoms with Gasteiger partial charge >= 0.3 is 0 Å². The maximum Gasteiger partial charge on any atom is 0.266 e. The van der Waals surface area contributed by atoms with Crippen LogP contribution in [-0.4, -0.2) is 11.8 Å². The van der Waals surface area contributed by atoms with Crippen LogP contribution in [0.3, 0.4) is 0 Å². The quantitative estimate of drug-likeness (QED) is 0.351. The molecule has 0 radical (unpaired) electrons. The minimum atomic E-state index is -2.37. The van der Waals surface area contributed by atoms with Crippen LogP contribution in [0.15, 0.2) is 24.3 Å². The van der Waals surface area contributed by atoms with Crippen molar-refractivity contribution in [1.29, 1.82) is 0 Å². The number of fused-ring (bicyclic) bond motifs is 1. The van der Waals surface area contributed by atoms with E-state index < -0.39 is 46.6 Å². The molecule has 3 nitrogen and oxygen atoms in total. The summed E-state index contributed by atoms with van der Waals surface area (Å²) in [5.74, 6) is -13.6. The van der Waals surface area contributed by atoms with Crippen molar-refractivity contribution in [2.24, 2.45) is 0 Å². The van der Waals surface area contributed by atoms with Crippen molar-refractivity contribution in [3.8, 4) is 0 Å². The highest BCUT2D eigenvalue weighted by atomic mass is 19.2. The van der Waals surface area contributed by atoms with E-state index in [0.717, 1.165) is 0 Å². The Hall–Kier alpha value is -2.77. The Kier molecular flexibility index (Phi) is 2.98. The maximum absolute atomic E-state index is 13.8. The first-order valence-electron chi connectivity index (χ1n) is 5.85. The molecule has 0 saturated carbocycles. The van der Waals surface area contributed by atoms with Crippen LogP contribution in [0.2, 0.25) is 0 Å². The van der Waals surface area contributed by atoms with E-state index >= 15 is 0 Å². The molecule has 22 heavy (non-hydrogen) atoms. The zero-order chi connectivity index (χ0) is 16.2. The van der Waals surface area contributed by atoms with Gasteiger partial charge in [0.2, 0.25) is 5.82 Å². The van der Waals surface area contributed by atoms with Gasteiger partial charge in [-0.2, -0.15) is 0 Å². The molecule has 2 aromatic rings. The number of nitrogens with zero attached hydrogens (tertiary/aromatic N) is 1. The largest absolute Gasteiger partial charge is 0.268 e. The van der Waals surface area contributed by atoms with Gasteiger partial charge < -0.3 is 0 Å². The molecule has 0 saturated heterocycles. The molecule has 0 aliphatic carbocycles. The van der Waals surface area contributed by atoms with Gasteiger partial charge in [0.15, 0.2) is 23.3 Å². The fraction of sp³-hybridized carbons (Fsp3) is 0. The number of imide groups is 1. The first-order chi connectivity index (χ1) is 10.4. The Morgan fingerprint density at radius 3 is 1.41 bits per heavy atom. The highest BCUT2D eigenvalue weighted by Crippen LogP contribution is 2.35. The summed E-state index contributed by atoms with van der Waals surface area (Å²) in [6, 6.07) is 5.21. The minimum Gasteiger partial charge on any atom is -0.268 e. The molecule has 0 bridgehead atoms. The summed E-state index contributed by atoms with van der Waals surface area (Å²) in [5, 5.41) is 0. The molecule has 8 heteroatoms. The number of halogens is 5. The van der Waals surface area contributed by atoms with Crippen LogP contribution in [0.5, 0.6) is 0 Å². The van der Waals surface area contributed by atoms with Crippen LogP contribution in [0.4, 0.5) is 27.6 Å². The van der Waals surface area contributed by atoms with E-state index in [0.29, 0.717) is 0 Å². The van der Waals surface area contributed by atoms with Gasteiger partial charge in [0.1, 0.15) is 5.69 Å². The van der Waals surface area contributed by atoms with E-state index in [2.05, 4.69) is 0 Å². The summed E-state index contributed by atoms with van der Waals surface area (Å²) in [7, 11) is 0. The predicted octanol–water partition coefficient (Wildman–Crippen LogP) is 3.18. The molecule has 3 rings (SSSR count). The monoisotopic (exact) mass is 313 g/mol. The minimum absolute atomic E-state index is 0.0546. The summed E-state index contributed by atoms with van der Waals surface area (Å²) in [6.07, 6.45) is 0. The van der Waals surface area contributed by atoms with Crippen molar-refractivity contribution in [1.82, 2.24) is 0 Å². The van der Waals surface area contributed by atoms with Crippen LogP contribution in [0, 0.1) is 29.1 Å². The average Bonchev–Trinajstić information content (AvgIpc) is 2.77. The smallest absolute Gasteiger partial charge is 0.266 e. The molecule has 0 fully saturated rings. The third-order valence-corrected chi connectivity index (χ3v) is 3.20. The van der Waals surface area contributed by atoms with Crippen molar-refractivity contribution in [2.45, 2.75) is 0 Å². The lowest BCUT2D eigenvalue weighted by atomic mass is 10.1. The van der Waals surface area contributed by atoms with Gasteiger partial charge in [0.25, 0.3) is 11.8 Å². The average molecular weight is 313 g/mol. The van der Waals surface area contributed by atoms with Gasteiger partial charge in [-0.05, 0) is 12.1 Å². The fourth-order valence-corrected chi connectivity index (χ4v) is 2.18. The second-order valence-electron chi connectivity index (χ2n) is 4.41. The number of hydrogen-bond donors (Lipinski definition) is 0. The topological polar surface area (TPSA) is 37.4 Å². The number of benzene rings is 2. The van der Waals surface area contributed by atoms with E-state index in [1.807, 2.05) is 0 Å². The molecule has 2 amide bonds. The van der Waals surface area contributed by atoms with E-state index in [1.54, 1.807) is 0 Å². The van der Waals surface area contributed by atoms with Gasteiger partial charge in [-0.25, -0.2) is 26.9 Å². The molecule has 0 unspecified atom stereocenters. The van der Waals surface area contributed by atoms with Crippen LogP contribution in [0.25, 0.3) is 0 Å². The first-order valence-corrected chi connectivity index (χ1v) is 5.85. The van der Waals surface area contributed by atoms with E-state index in [4.69, 9.17) is 0 Å². The summed E-state index contributed by atoms with van der Waals surface area (Å²) >= 11 is 0. The molecule has 1 heterocycles. The molecule has 0 N–H and O–H groups in total. The van der Waals surface area contributed by atoms with Gasteiger partial charge in [-0.15, -0.1) is 0 Å². The second kappa shape index (κ2) is 4.62. The van der Waals surface area contributed by atoms with Crippen LogP contribution in [-0.2, 0) is 0 Å². The SMILES string of the molecule is O=C1c2ccccc2C(=O)N1c1c(F)c(F)c(F)c(F)c1F. The number of anilines is 1. The summed E-state index contributed by atoms with van der Waals surface area (Å²) in [6.45, 7) is 0. The maximum atomic E-state index is 13.8. The lowest BCUT2D eigenvalue weighted by Crippen LogP contribution is -2.32. The molecule has 0 aromatic heterocycles. The zero-order valence-electron chi connectivity index (χ0n) is 10.5. The lowest BCUT2D eigenvalue weighted by Gasteiger charge is -2.16. The zero-order valence-corrected chi connectivity index (χ0v) is 10.5. The highest BCUT2D eigenvalue weighted by Gasteiger charge is 2.41. The van der Waals surface area contributed by atoms with Gasteiger partial charge in [0, 0.05) is 0 Å². The van der Waals surface area contributed by atoms with Crippen molar-refractivity contribution in [3.05, 3.63) is 64.5 Å². The first kappa shape index (κ1) is 14.2. The molecule has 112 valence electrons. The molecule has 1 aliphatic heterocycles.